The van der Waals surface area contributed by atoms with Crippen molar-refractivity contribution >= 4 is 17.9 Å². The van der Waals surface area contributed by atoms with Gasteiger partial charge in [0.05, 0.1) is 38.1 Å². The summed E-state index contributed by atoms with van der Waals surface area (Å²) in [7, 11) is 0. The number of allylic oxidation sites excluding steroid dienone is 3. The van der Waals surface area contributed by atoms with Gasteiger partial charge in [-0.1, -0.05) is 36.3 Å². The van der Waals surface area contributed by atoms with E-state index in [1.807, 2.05) is 0 Å². The molecule has 1 saturated carbocycles. The number of carbonyl (C=O) groups excluding carboxylic acids is 3. The van der Waals surface area contributed by atoms with Gasteiger partial charge < -0.3 is 28.8 Å². The van der Waals surface area contributed by atoms with Crippen LogP contribution in [0.4, 0.5) is 0 Å². The topological polar surface area (TPSA) is 121 Å². The predicted octanol–water partition coefficient (Wildman–Crippen LogP) is 3.12. The molecule has 9 heteroatoms. The van der Waals surface area contributed by atoms with Crippen molar-refractivity contribution in [3.63, 3.8) is 0 Å². The van der Waals surface area contributed by atoms with Crippen LogP contribution in [0, 0.1) is 10.8 Å². The maximum atomic E-state index is 12.8. The van der Waals surface area contributed by atoms with Gasteiger partial charge in [0.2, 0.25) is 0 Å². The molecule has 0 amide bonds. The molecule has 0 aromatic rings. The lowest BCUT2D eigenvalue weighted by molar-refractivity contribution is -0.229. The van der Waals surface area contributed by atoms with Gasteiger partial charge in [-0.25, -0.2) is 14.4 Å². The SMILES string of the molecule is CCOC(=O)/C=C/C=C/C(=O)OCC/C(C)=C/C(=O)OCC12CCC(C)=CC1OC1CC(O)C2(C)C12CO2. The molecule has 2 aliphatic carbocycles. The highest BCUT2D eigenvalue weighted by molar-refractivity contribution is 5.84. The van der Waals surface area contributed by atoms with E-state index in [2.05, 4.69) is 19.9 Å². The fourth-order valence-corrected chi connectivity index (χ4v) is 6.33. The summed E-state index contributed by atoms with van der Waals surface area (Å²) in [5.41, 5.74) is 0.245. The minimum Gasteiger partial charge on any atom is -0.463 e. The first-order chi connectivity index (χ1) is 18.1. The number of esters is 3. The second kappa shape index (κ2) is 11.2. The lowest BCUT2D eigenvalue weighted by Gasteiger charge is -2.58. The smallest absolute Gasteiger partial charge is 0.330 e. The monoisotopic (exact) mass is 530 g/mol. The molecule has 0 aromatic carbocycles. The molecule has 2 aliphatic heterocycles. The van der Waals surface area contributed by atoms with Crippen molar-refractivity contribution in [1.29, 1.82) is 0 Å². The molecule has 2 bridgehead atoms. The average molecular weight is 531 g/mol. The Kier molecular flexibility index (Phi) is 8.30. The number of fused-ring (bicyclic) bond motifs is 2. The molecule has 0 radical (unpaired) electrons. The maximum Gasteiger partial charge on any atom is 0.330 e. The molecule has 4 aliphatic rings. The van der Waals surface area contributed by atoms with E-state index in [0.717, 1.165) is 12.8 Å². The van der Waals surface area contributed by atoms with Crippen molar-refractivity contribution in [2.24, 2.45) is 10.8 Å². The van der Waals surface area contributed by atoms with Crippen LogP contribution < -0.4 is 0 Å². The molecular formula is C29H38O9. The van der Waals surface area contributed by atoms with Gasteiger partial charge in [0, 0.05) is 41.9 Å². The molecule has 6 atom stereocenters. The van der Waals surface area contributed by atoms with Gasteiger partial charge in [-0.15, -0.1) is 0 Å². The first-order valence-electron chi connectivity index (χ1n) is 13.2. The molecule has 1 spiro atoms. The predicted molar refractivity (Wildman–Crippen MR) is 137 cm³/mol. The van der Waals surface area contributed by atoms with Crippen molar-refractivity contribution in [3.05, 3.63) is 47.6 Å². The van der Waals surface area contributed by atoms with Crippen LogP contribution in [-0.2, 0) is 38.1 Å². The summed E-state index contributed by atoms with van der Waals surface area (Å²) in [6.07, 6.45) is 10.2. The van der Waals surface area contributed by atoms with Crippen LogP contribution in [0.25, 0.3) is 0 Å². The lowest BCUT2D eigenvalue weighted by atomic mass is 9.51. The van der Waals surface area contributed by atoms with Crippen LogP contribution in [0.2, 0.25) is 0 Å². The molecule has 208 valence electrons. The van der Waals surface area contributed by atoms with Crippen LogP contribution in [0.1, 0.15) is 53.4 Å². The highest BCUT2D eigenvalue weighted by atomic mass is 16.6. The summed E-state index contributed by atoms with van der Waals surface area (Å²) in [4.78, 5) is 35.8. The van der Waals surface area contributed by atoms with E-state index in [0.29, 0.717) is 25.0 Å². The van der Waals surface area contributed by atoms with Gasteiger partial charge in [-0.05, 0) is 33.6 Å². The molecule has 9 nitrogen and oxygen atoms in total. The number of aliphatic hydroxyl groups excluding tert-OH is 1. The van der Waals surface area contributed by atoms with Gasteiger partial charge in [0.15, 0.2) is 0 Å². The molecular weight excluding hydrogens is 492 g/mol. The van der Waals surface area contributed by atoms with Crippen molar-refractivity contribution in [2.45, 2.75) is 77.3 Å². The van der Waals surface area contributed by atoms with Crippen LogP contribution in [0.15, 0.2) is 47.6 Å². The molecule has 6 unspecified atom stereocenters. The van der Waals surface area contributed by atoms with E-state index in [1.165, 1.54) is 36.0 Å². The Bertz CT molecular complexity index is 1070. The van der Waals surface area contributed by atoms with Crippen LogP contribution in [0.3, 0.4) is 0 Å². The second-order valence-corrected chi connectivity index (χ2v) is 10.8. The van der Waals surface area contributed by atoms with Crippen LogP contribution in [0.5, 0.6) is 0 Å². The zero-order chi connectivity index (χ0) is 27.6. The number of hydrogen-bond donors (Lipinski definition) is 1. The van der Waals surface area contributed by atoms with E-state index in [1.54, 1.807) is 13.8 Å². The molecule has 3 fully saturated rings. The Hall–Kier alpha value is -2.75. The van der Waals surface area contributed by atoms with Gasteiger partial charge in [0.25, 0.3) is 0 Å². The van der Waals surface area contributed by atoms with Gasteiger partial charge in [0.1, 0.15) is 12.2 Å². The standard InChI is InChI=1S/C29H38O9/c1-5-34-24(31)8-6-7-9-25(32)35-13-11-20(3)15-26(33)36-17-28-12-10-19(2)14-22(28)38-23-16-21(30)27(28,4)29(23)18-37-29/h6-9,14-15,21-23,30H,5,10-13,16-18H2,1-4H3/b8-6+,9-7+,20-15+. The minimum absolute atomic E-state index is 0.0931. The number of aliphatic hydroxyl groups is 1. The van der Waals surface area contributed by atoms with Gasteiger partial charge in [-0.2, -0.15) is 0 Å². The second-order valence-electron chi connectivity index (χ2n) is 10.8. The largest absolute Gasteiger partial charge is 0.463 e. The normalized spacial score (nSPS) is 35.8. The quantitative estimate of drug-likeness (QED) is 0.113. The van der Waals surface area contributed by atoms with E-state index in [4.69, 9.17) is 23.7 Å². The van der Waals surface area contributed by atoms with Crippen molar-refractivity contribution in [2.75, 3.05) is 26.4 Å². The summed E-state index contributed by atoms with van der Waals surface area (Å²) in [6, 6.07) is 0. The highest BCUT2D eigenvalue weighted by Crippen LogP contribution is 2.71. The average Bonchev–Trinajstić information content (AvgIpc) is 3.64. The third kappa shape index (κ3) is 5.11. The summed E-state index contributed by atoms with van der Waals surface area (Å²) in [5.74, 6) is -1.53. The minimum atomic E-state index is -0.604. The van der Waals surface area contributed by atoms with Crippen LogP contribution >= 0.6 is 0 Å². The molecule has 4 rings (SSSR count). The zero-order valence-corrected chi connectivity index (χ0v) is 22.6. The van der Waals surface area contributed by atoms with E-state index in [-0.39, 0.29) is 32.0 Å². The Morgan fingerprint density at radius 3 is 2.47 bits per heavy atom. The van der Waals surface area contributed by atoms with E-state index in [9.17, 15) is 19.5 Å². The third-order valence-corrected chi connectivity index (χ3v) is 8.69. The fourth-order valence-electron chi connectivity index (χ4n) is 6.33. The molecule has 2 heterocycles. The Labute approximate surface area is 223 Å². The number of ether oxygens (including phenoxy) is 5. The summed E-state index contributed by atoms with van der Waals surface area (Å²) < 4.78 is 28.1. The first-order valence-corrected chi connectivity index (χ1v) is 13.2. The van der Waals surface area contributed by atoms with Crippen LogP contribution in [-0.4, -0.2) is 73.4 Å². The van der Waals surface area contributed by atoms with Crippen molar-refractivity contribution < 1.29 is 43.2 Å². The summed E-state index contributed by atoms with van der Waals surface area (Å²) in [5, 5.41) is 11.2. The van der Waals surface area contributed by atoms with Gasteiger partial charge >= 0.3 is 17.9 Å². The number of hydrogen-bond acceptors (Lipinski definition) is 9. The van der Waals surface area contributed by atoms with E-state index < -0.39 is 40.4 Å². The molecule has 1 N–H and O–H groups in total. The van der Waals surface area contributed by atoms with E-state index >= 15 is 0 Å². The molecule has 0 aromatic heterocycles. The number of rotatable bonds is 10. The van der Waals surface area contributed by atoms with Crippen molar-refractivity contribution in [1.82, 2.24) is 0 Å². The molecule has 38 heavy (non-hydrogen) atoms. The fraction of sp³-hybridized carbons (Fsp3) is 0.621. The number of epoxide rings is 1. The number of carbonyl (C=O) groups is 3. The Balaban J connectivity index is 1.31. The first kappa shape index (κ1) is 28.3. The highest BCUT2D eigenvalue weighted by Gasteiger charge is 2.81. The van der Waals surface area contributed by atoms with Gasteiger partial charge in [-0.3, -0.25) is 0 Å². The lowest BCUT2D eigenvalue weighted by Crippen LogP contribution is -2.66. The van der Waals surface area contributed by atoms with Crippen molar-refractivity contribution in [3.8, 4) is 0 Å². The maximum absolute atomic E-state index is 12.8. The Morgan fingerprint density at radius 1 is 1.13 bits per heavy atom. The molecule has 2 saturated heterocycles. The summed E-state index contributed by atoms with van der Waals surface area (Å²) >= 11 is 0. The third-order valence-electron chi connectivity index (χ3n) is 8.69. The zero-order valence-electron chi connectivity index (χ0n) is 22.6. The Morgan fingerprint density at radius 2 is 1.82 bits per heavy atom. The summed E-state index contributed by atoms with van der Waals surface area (Å²) in [6.45, 7) is 8.66.